The van der Waals surface area contributed by atoms with Crippen LogP contribution in [0.1, 0.15) is 28.0 Å². The van der Waals surface area contributed by atoms with E-state index in [4.69, 9.17) is 5.11 Å². The summed E-state index contributed by atoms with van der Waals surface area (Å²) in [5.74, 6) is -0.915. The molecule has 0 saturated heterocycles. The third-order valence-corrected chi connectivity index (χ3v) is 3.62. The fourth-order valence-corrected chi connectivity index (χ4v) is 2.58. The summed E-state index contributed by atoms with van der Waals surface area (Å²) in [7, 11) is 1.83. The number of nitrogens with zero attached hydrogens (tertiary/aromatic N) is 3. The van der Waals surface area contributed by atoms with Crippen LogP contribution in [0.15, 0.2) is 30.5 Å². The molecule has 0 unspecified atom stereocenters. The maximum absolute atomic E-state index is 12.2. The molecule has 108 valence electrons. The van der Waals surface area contributed by atoms with Crippen molar-refractivity contribution in [2.24, 2.45) is 7.05 Å². The molecule has 1 aromatic carbocycles. The minimum atomic E-state index is -0.953. The largest absolute Gasteiger partial charge is 0.478 e. The lowest BCUT2D eigenvalue weighted by molar-refractivity contribution is -0.119. The number of carboxylic acid groups (broad SMARTS) is 1. The number of hydrogen-bond donors (Lipinski definition) is 1. The Morgan fingerprint density at radius 3 is 2.81 bits per heavy atom. The average Bonchev–Trinajstić information content (AvgIpc) is 2.87. The fourth-order valence-electron chi connectivity index (χ4n) is 2.58. The van der Waals surface area contributed by atoms with Gasteiger partial charge >= 0.3 is 5.97 Å². The zero-order valence-corrected chi connectivity index (χ0v) is 11.6. The van der Waals surface area contributed by atoms with Crippen molar-refractivity contribution < 1.29 is 14.7 Å². The smallest absolute Gasteiger partial charge is 0.335 e. The van der Waals surface area contributed by atoms with E-state index >= 15 is 0 Å². The van der Waals surface area contributed by atoms with Crippen molar-refractivity contribution in [3.63, 3.8) is 0 Å². The lowest BCUT2D eigenvalue weighted by atomic mass is 9.98. The standard InChI is InChI=1S/C15H15N3O3/c1-17-7-6-12(16-17)9-18-13-4-2-11(15(20)21)8-10(13)3-5-14(18)19/h2,4,6-8H,3,5,9H2,1H3,(H,20,21). The summed E-state index contributed by atoms with van der Waals surface area (Å²) in [5, 5.41) is 13.3. The highest BCUT2D eigenvalue weighted by Crippen LogP contribution is 2.30. The van der Waals surface area contributed by atoms with Gasteiger partial charge in [-0.3, -0.25) is 9.48 Å². The van der Waals surface area contributed by atoms with E-state index in [1.165, 1.54) is 6.07 Å². The molecule has 1 amide bonds. The summed E-state index contributed by atoms with van der Waals surface area (Å²) < 4.78 is 1.69. The highest BCUT2D eigenvalue weighted by atomic mass is 16.4. The van der Waals surface area contributed by atoms with Crippen LogP contribution in [0.3, 0.4) is 0 Å². The number of fused-ring (bicyclic) bond motifs is 1. The Labute approximate surface area is 121 Å². The Bertz CT molecular complexity index is 721. The van der Waals surface area contributed by atoms with Crippen molar-refractivity contribution in [2.75, 3.05) is 4.90 Å². The van der Waals surface area contributed by atoms with E-state index in [0.717, 1.165) is 16.9 Å². The number of aryl methyl sites for hydroxylation is 2. The Kier molecular flexibility index (Phi) is 3.21. The molecule has 21 heavy (non-hydrogen) atoms. The van der Waals surface area contributed by atoms with Crippen molar-refractivity contribution >= 4 is 17.6 Å². The molecule has 3 rings (SSSR count). The first kappa shape index (κ1) is 13.4. The molecule has 6 nitrogen and oxygen atoms in total. The van der Waals surface area contributed by atoms with Gasteiger partial charge in [0, 0.05) is 25.4 Å². The van der Waals surface area contributed by atoms with Gasteiger partial charge in [-0.1, -0.05) is 0 Å². The van der Waals surface area contributed by atoms with E-state index in [2.05, 4.69) is 5.10 Å². The van der Waals surface area contributed by atoms with Gasteiger partial charge in [0.1, 0.15) is 0 Å². The predicted octanol–water partition coefficient (Wildman–Crippen LogP) is 1.60. The van der Waals surface area contributed by atoms with E-state index < -0.39 is 5.97 Å². The maximum atomic E-state index is 12.2. The number of carbonyl (C=O) groups excluding carboxylic acids is 1. The van der Waals surface area contributed by atoms with Crippen LogP contribution in [0.25, 0.3) is 0 Å². The van der Waals surface area contributed by atoms with Crippen molar-refractivity contribution in [1.82, 2.24) is 9.78 Å². The minimum Gasteiger partial charge on any atom is -0.478 e. The van der Waals surface area contributed by atoms with Gasteiger partial charge in [0.05, 0.1) is 17.8 Å². The third kappa shape index (κ3) is 2.52. The molecule has 0 radical (unpaired) electrons. The monoisotopic (exact) mass is 285 g/mol. The van der Waals surface area contributed by atoms with Crippen LogP contribution in [0.2, 0.25) is 0 Å². The summed E-state index contributed by atoms with van der Waals surface area (Å²) in [5.41, 5.74) is 2.73. The van der Waals surface area contributed by atoms with Crippen LogP contribution in [0, 0.1) is 0 Å². The zero-order valence-electron chi connectivity index (χ0n) is 11.6. The topological polar surface area (TPSA) is 75.4 Å². The summed E-state index contributed by atoms with van der Waals surface area (Å²) in [6.45, 7) is 0.402. The molecule has 0 atom stereocenters. The average molecular weight is 285 g/mol. The van der Waals surface area contributed by atoms with Crippen LogP contribution < -0.4 is 4.90 Å². The van der Waals surface area contributed by atoms with Gasteiger partial charge in [0.15, 0.2) is 0 Å². The molecule has 0 saturated carbocycles. The molecule has 0 bridgehead atoms. The first-order valence-electron chi connectivity index (χ1n) is 6.70. The van der Waals surface area contributed by atoms with Crippen LogP contribution >= 0.6 is 0 Å². The van der Waals surface area contributed by atoms with E-state index in [1.54, 1.807) is 21.7 Å². The maximum Gasteiger partial charge on any atom is 0.335 e. The van der Waals surface area contributed by atoms with Gasteiger partial charge < -0.3 is 10.0 Å². The molecule has 1 aliphatic rings. The number of aromatic nitrogens is 2. The van der Waals surface area contributed by atoms with Crippen LogP contribution in [0.5, 0.6) is 0 Å². The molecule has 2 heterocycles. The van der Waals surface area contributed by atoms with Crippen LogP contribution in [0.4, 0.5) is 5.69 Å². The molecule has 2 aromatic rings. The van der Waals surface area contributed by atoms with Crippen molar-refractivity contribution in [1.29, 1.82) is 0 Å². The van der Waals surface area contributed by atoms with Crippen LogP contribution in [-0.2, 0) is 24.8 Å². The first-order valence-corrected chi connectivity index (χ1v) is 6.70. The predicted molar refractivity (Wildman–Crippen MR) is 76.1 cm³/mol. The number of anilines is 1. The van der Waals surface area contributed by atoms with Crippen molar-refractivity contribution in [3.05, 3.63) is 47.3 Å². The number of carboxylic acids is 1. The lowest BCUT2D eigenvalue weighted by Crippen LogP contribution is -2.34. The molecule has 6 heteroatoms. The molecule has 1 N–H and O–H groups in total. The van der Waals surface area contributed by atoms with E-state index in [9.17, 15) is 9.59 Å². The van der Waals surface area contributed by atoms with Gasteiger partial charge in [-0.25, -0.2) is 4.79 Å². The van der Waals surface area contributed by atoms with Crippen molar-refractivity contribution in [3.8, 4) is 0 Å². The van der Waals surface area contributed by atoms with Gasteiger partial charge in [-0.2, -0.15) is 5.10 Å². The molecule has 1 aliphatic heterocycles. The number of aromatic carboxylic acids is 1. The molecule has 0 spiro atoms. The molecule has 1 aromatic heterocycles. The number of rotatable bonds is 3. The van der Waals surface area contributed by atoms with E-state index in [-0.39, 0.29) is 11.5 Å². The lowest BCUT2D eigenvalue weighted by Gasteiger charge is -2.29. The Hall–Kier alpha value is -2.63. The van der Waals surface area contributed by atoms with Gasteiger partial charge in [0.2, 0.25) is 5.91 Å². The molecule has 0 fully saturated rings. The Morgan fingerprint density at radius 1 is 1.33 bits per heavy atom. The number of benzene rings is 1. The summed E-state index contributed by atoms with van der Waals surface area (Å²) >= 11 is 0. The first-order chi connectivity index (χ1) is 10.0. The quantitative estimate of drug-likeness (QED) is 0.929. The SMILES string of the molecule is Cn1ccc(CN2C(=O)CCc3cc(C(=O)O)ccc32)n1. The second-order valence-electron chi connectivity index (χ2n) is 5.11. The van der Waals surface area contributed by atoms with E-state index in [0.29, 0.717) is 19.4 Å². The Balaban J connectivity index is 1.95. The van der Waals surface area contributed by atoms with Crippen molar-refractivity contribution in [2.45, 2.75) is 19.4 Å². The minimum absolute atomic E-state index is 0.0382. The van der Waals surface area contributed by atoms with Gasteiger partial charge in [-0.15, -0.1) is 0 Å². The second kappa shape index (κ2) is 5.05. The highest BCUT2D eigenvalue weighted by Gasteiger charge is 2.25. The highest BCUT2D eigenvalue weighted by molar-refractivity contribution is 5.97. The van der Waals surface area contributed by atoms with Gasteiger partial charge in [-0.05, 0) is 36.2 Å². The zero-order chi connectivity index (χ0) is 15.0. The van der Waals surface area contributed by atoms with Gasteiger partial charge in [0.25, 0.3) is 0 Å². The summed E-state index contributed by atoms with van der Waals surface area (Å²) in [4.78, 5) is 24.9. The molecular formula is C15H15N3O3. The molecule has 0 aliphatic carbocycles. The second-order valence-corrected chi connectivity index (χ2v) is 5.11. The van der Waals surface area contributed by atoms with E-state index in [1.807, 2.05) is 19.3 Å². The normalized spacial score (nSPS) is 14.1. The molecular weight excluding hydrogens is 270 g/mol. The number of hydrogen-bond acceptors (Lipinski definition) is 3. The Morgan fingerprint density at radius 2 is 2.14 bits per heavy atom. The summed E-state index contributed by atoms with van der Waals surface area (Å²) in [6.07, 6.45) is 2.80. The fraction of sp³-hybridized carbons (Fsp3) is 0.267. The number of carbonyl (C=O) groups is 2. The number of amides is 1. The third-order valence-electron chi connectivity index (χ3n) is 3.62. The summed E-state index contributed by atoms with van der Waals surface area (Å²) in [6, 6.07) is 6.76. The van der Waals surface area contributed by atoms with Crippen LogP contribution in [-0.4, -0.2) is 26.8 Å².